The number of rotatable bonds is 4. The van der Waals surface area contributed by atoms with E-state index in [1.54, 1.807) is 48.5 Å². The summed E-state index contributed by atoms with van der Waals surface area (Å²) in [5.41, 5.74) is 2.66. The van der Waals surface area contributed by atoms with Crippen molar-refractivity contribution in [3.63, 3.8) is 0 Å². The predicted molar refractivity (Wildman–Crippen MR) is 154 cm³/mol. The molecule has 6 atom stereocenters. The van der Waals surface area contributed by atoms with Crippen LogP contribution in [0, 0.1) is 11.8 Å². The van der Waals surface area contributed by atoms with Gasteiger partial charge in [-0.05, 0) is 35.4 Å². The summed E-state index contributed by atoms with van der Waals surface area (Å²) < 4.78 is 0. The Bertz CT molecular complexity index is 1590. The molecule has 8 nitrogen and oxygen atoms in total. The Morgan fingerprint density at radius 3 is 1.00 bits per heavy atom. The normalized spacial score (nSPS) is 28.9. The van der Waals surface area contributed by atoms with Gasteiger partial charge in [0.2, 0.25) is 11.8 Å². The number of benzene rings is 4. The van der Waals surface area contributed by atoms with Gasteiger partial charge in [0.05, 0.1) is 35.3 Å². The highest BCUT2D eigenvalue weighted by atomic mass is 16.2. The molecule has 206 valence electrons. The third-order valence-electron chi connectivity index (χ3n) is 9.04. The van der Waals surface area contributed by atoms with Crippen molar-refractivity contribution in [2.75, 3.05) is 9.80 Å². The number of carbonyl (C=O) groups excluding carboxylic acids is 4. The topological polar surface area (TPSA) is 81.2 Å². The van der Waals surface area contributed by atoms with E-state index in [-0.39, 0.29) is 23.6 Å². The van der Waals surface area contributed by atoms with Crippen LogP contribution in [0.4, 0.5) is 11.4 Å². The highest BCUT2D eigenvalue weighted by molar-refractivity contribution is 6.26. The van der Waals surface area contributed by atoms with Crippen LogP contribution in [0.15, 0.2) is 121 Å². The zero-order chi connectivity index (χ0) is 28.5. The van der Waals surface area contributed by atoms with Gasteiger partial charge in [-0.3, -0.25) is 19.2 Å². The van der Waals surface area contributed by atoms with E-state index < -0.39 is 36.0 Å². The molecule has 4 aromatic rings. The minimum absolute atomic E-state index is 0.306. The van der Waals surface area contributed by atoms with E-state index in [1.807, 2.05) is 82.8 Å². The number of carbonyl (C=O) groups is 4. The lowest BCUT2D eigenvalue weighted by atomic mass is 9.84. The second kappa shape index (κ2) is 9.30. The molecule has 0 aromatic heterocycles. The molecule has 4 aliphatic heterocycles. The quantitative estimate of drug-likeness (QED) is 0.353. The van der Waals surface area contributed by atoms with Crippen molar-refractivity contribution in [3.05, 3.63) is 132 Å². The summed E-state index contributed by atoms with van der Waals surface area (Å²) in [6, 6.07) is 34.0. The lowest BCUT2D eigenvalue weighted by Crippen LogP contribution is -2.50. The minimum atomic E-state index is -0.871. The Balaban J connectivity index is 1.33. The van der Waals surface area contributed by atoms with Crippen LogP contribution >= 0.6 is 0 Å². The SMILES string of the molecule is O=C1[C@@H]2[C@@H](C(=O)N1c1ccccc1)N1[C@@H](c3ccccc3)[C@H]3C(=O)N(c4ccccc4)C(=O)[C@@H]3N1[C@@H]2c1ccccc1. The van der Waals surface area contributed by atoms with Crippen molar-refractivity contribution in [2.45, 2.75) is 24.2 Å². The lowest BCUT2D eigenvalue weighted by Gasteiger charge is -2.35. The summed E-state index contributed by atoms with van der Waals surface area (Å²) in [6.45, 7) is 0. The average Bonchev–Trinajstić information content (AvgIpc) is 3.70. The van der Waals surface area contributed by atoms with Gasteiger partial charge in [-0.15, -0.1) is 0 Å². The maximum Gasteiger partial charge on any atom is 0.253 e. The van der Waals surface area contributed by atoms with Crippen molar-refractivity contribution in [1.82, 2.24) is 10.0 Å². The van der Waals surface area contributed by atoms with E-state index in [4.69, 9.17) is 0 Å². The second-order valence-corrected chi connectivity index (χ2v) is 11.1. The molecule has 4 aromatic carbocycles. The molecular weight excluding hydrogens is 528 g/mol. The highest BCUT2D eigenvalue weighted by Gasteiger charge is 2.73. The Kier molecular flexibility index (Phi) is 5.50. The molecule has 0 bridgehead atoms. The largest absolute Gasteiger partial charge is 0.274 e. The van der Waals surface area contributed by atoms with Gasteiger partial charge < -0.3 is 0 Å². The Morgan fingerprint density at radius 2 is 0.667 bits per heavy atom. The first-order valence-electron chi connectivity index (χ1n) is 14.1. The first kappa shape index (κ1) is 24.8. The number of amides is 4. The van der Waals surface area contributed by atoms with Crippen LogP contribution in [0.2, 0.25) is 0 Å². The number of nitrogens with zero attached hydrogens (tertiary/aromatic N) is 4. The maximum absolute atomic E-state index is 14.3. The van der Waals surface area contributed by atoms with Gasteiger partial charge in [0.15, 0.2) is 0 Å². The Hall–Kier alpha value is -4.92. The van der Waals surface area contributed by atoms with Crippen molar-refractivity contribution in [3.8, 4) is 0 Å². The van der Waals surface area contributed by atoms with Crippen LogP contribution < -0.4 is 9.80 Å². The molecule has 8 heteroatoms. The molecule has 0 saturated carbocycles. The summed E-state index contributed by atoms with van der Waals surface area (Å²) in [5, 5.41) is 3.79. The number of para-hydroxylation sites is 2. The number of hydrazine groups is 1. The smallest absolute Gasteiger partial charge is 0.253 e. The first-order valence-corrected chi connectivity index (χ1v) is 14.1. The van der Waals surface area contributed by atoms with Crippen LogP contribution in [0.5, 0.6) is 0 Å². The van der Waals surface area contributed by atoms with Gasteiger partial charge in [-0.1, -0.05) is 97.1 Å². The third kappa shape index (κ3) is 3.30. The summed E-state index contributed by atoms with van der Waals surface area (Å²) in [7, 11) is 0. The number of anilines is 2. The lowest BCUT2D eigenvalue weighted by molar-refractivity contribution is -0.136. The summed E-state index contributed by atoms with van der Waals surface area (Å²) >= 11 is 0. The molecule has 42 heavy (non-hydrogen) atoms. The number of imide groups is 2. The fourth-order valence-electron chi connectivity index (χ4n) is 7.46. The summed E-state index contributed by atoms with van der Waals surface area (Å²) in [6.07, 6.45) is 0. The third-order valence-corrected chi connectivity index (χ3v) is 9.04. The zero-order valence-corrected chi connectivity index (χ0v) is 22.4. The molecule has 4 fully saturated rings. The van der Waals surface area contributed by atoms with Crippen molar-refractivity contribution in [2.24, 2.45) is 11.8 Å². The Morgan fingerprint density at radius 1 is 0.357 bits per heavy atom. The maximum atomic E-state index is 14.3. The fraction of sp³-hybridized carbons (Fsp3) is 0.176. The molecule has 0 N–H and O–H groups in total. The van der Waals surface area contributed by atoms with Crippen LogP contribution in [0.25, 0.3) is 0 Å². The van der Waals surface area contributed by atoms with Crippen LogP contribution in [-0.4, -0.2) is 45.7 Å². The molecule has 0 aliphatic carbocycles. The van der Waals surface area contributed by atoms with Crippen molar-refractivity contribution < 1.29 is 19.2 Å². The number of fused-ring (bicyclic) bond motifs is 5. The van der Waals surface area contributed by atoms with Crippen LogP contribution in [0.1, 0.15) is 23.2 Å². The molecular formula is C34H26N4O4. The van der Waals surface area contributed by atoms with Gasteiger partial charge in [-0.2, -0.15) is 0 Å². The van der Waals surface area contributed by atoms with E-state index in [0.29, 0.717) is 11.4 Å². The van der Waals surface area contributed by atoms with Crippen LogP contribution in [0.3, 0.4) is 0 Å². The van der Waals surface area contributed by atoms with E-state index >= 15 is 0 Å². The fourth-order valence-corrected chi connectivity index (χ4v) is 7.46. The van der Waals surface area contributed by atoms with E-state index in [0.717, 1.165) is 11.1 Å². The van der Waals surface area contributed by atoms with Crippen molar-refractivity contribution in [1.29, 1.82) is 0 Å². The van der Waals surface area contributed by atoms with Gasteiger partial charge in [0.25, 0.3) is 11.8 Å². The molecule has 0 spiro atoms. The number of hydrogen-bond donors (Lipinski definition) is 0. The second-order valence-electron chi connectivity index (χ2n) is 11.1. The van der Waals surface area contributed by atoms with E-state index in [1.165, 1.54) is 9.80 Å². The molecule has 0 unspecified atom stereocenters. The average molecular weight is 555 g/mol. The van der Waals surface area contributed by atoms with Crippen LogP contribution in [-0.2, 0) is 19.2 Å². The standard InChI is InChI=1S/C34H26N4O4/c39-31-25-27(21-13-5-1-6-14-21)37-30-26(32(40)36(34(30)42)24-19-11-4-12-20-24)28(22-15-7-2-8-16-22)38(37)29(25)33(41)35(31)23-17-9-3-10-18-23/h1-20,25-30H/t25-,26+,27+,28-,29-,30+. The molecule has 4 saturated heterocycles. The van der Waals surface area contributed by atoms with E-state index in [2.05, 4.69) is 0 Å². The molecule has 4 amide bonds. The highest BCUT2D eigenvalue weighted by Crippen LogP contribution is 2.59. The molecule has 4 aliphatic rings. The molecule has 4 heterocycles. The van der Waals surface area contributed by atoms with Crippen molar-refractivity contribution >= 4 is 35.0 Å². The number of hydrogen-bond acceptors (Lipinski definition) is 6. The monoisotopic (exact) mass is 554 g/mol. The van der Waals surface area contributed by atoms with E-state index in [9.17, 15) is 19.2 Å². The summed E-state index contributed by atoms with van der Waals surface area (Å²) in [4.78, 5) is 59.7. The van der Waals surface area contributed by atoms with Gasteiger partial charge in [-0.25, -0.2) is 19.8 Å². The minimum Gasteiger partial charge on any atom is -0.274 e. The zero-order valence-electron chi connectivity index (χ0n) is 22.4. The Labute approximate surface area is 242 Å². The summed E-state index contributed by atoms with van der Waals surface area (Å²) in [5.74, 6) is -2.83. The molecule has 0 radical (unpaired) electrons. The first-order chi connectivity index (χ1) is 20.6. The predicted octanol–water partition coefficient (Wildman–Crippen LogP) is 4.13. The van der Waals surface area contributed by atoms with Gasteiger partial charge in [0, 0.05) is 0 Å². The van der Waals surface area contributed by atoms with Gasteiger partial charge in [0.1, 0.15) is 12.1 Å². The van der Waals surface area contributed by atoms with Gasteiger partial charge >= 0.3 is 0 Å². The molecule has 8 rings (SSSR count).